The normalized spacial score (nSPS) is 15.5. The fourth-order valence-corrected chi connectivity index (χ4v) is 1.89. The second-order valence-corrected chi connectivity index (χ2v) is 4.17. The molecule has 1 fully saturated rings. The molecular weight excluding hydrogens is 224 g/mol. The number of hydrogen-bond donors (Lipinski definition) is 1. The van der Waals surface area contributed by atoms with Gasteiger partial charge in [0.1, 0.15) is 0 Å². The van der Waals surface area contributed by atoms with Gasteiger partial charge in [0.2, 0.25) is 0 Å². The van der Waals surface area contributed by atoms with E-state index in [9.17, 15) is 14.9 Å². The number of carbonyl (C=O) groups is 1. The zero-order valence-electron chi connectivity index (χ0n) is 9.29. The number of carboxylic acid groups (broad SMARTS) is 1. The van der Waals surface area contributed by atoms with E-state index in [1.54, 1.807) is 19.1 Å². The fraction of sp³-hybridized carbons (Fsp3) is 0.364. The zero-order chi connectivity index (χ0) is 12.6. The highest BCUT2D eigenvalue weighted by Crippen LogP contribution is 2.29. The van der Waals surface area contributed by atoms with Crippen LogP contribution in [-0.2, 0) is 4.79 Å². The third kappa shape index (κ3) is 2.06. The Morgan fingerprint density at radius 1 is 1.53 bits per heavy atom. The molecule has 0 radical (unpaired) electrons. The summed E-state index contributed by atoms with van der Waals surface area (Å²) in [6, 6.07) is 4.83. The molecule has 17 heavy (non-hydrogen) atoms. The molecule has 6 heteroatoms. The fourth-order valence-electron chi connectivity index (χ4n) is 1.89. The van der Waals surface area contributed by atoms with Crippen LogP contribution in [-0.4, -0.2) is 29.1 Å². The first-order valence-electron chi connectivity index (χ1n) is 5.22. The van der Waals surface area contributed by atoms with E-state index in [1.807, 2.05) is 4.90 Å². The van der Waals surface area contributed by atoms with Gasteiger partial charge in [0, 0.05) is 30.4 Å². The molecule has 0 bridgehead atoms. The minimum absolute atomic E-state index is 0.0871. The van der Waals surface area contributed by atoms with E-state index < -0.39 is 10.9 Å². The SMILES string of the molecule is Cc1cc(N2CC(C(=O)O)C2)ccc1[N+](=O)[O-]. The Morgan fingerprint density at radius 3 is 2.65 bits per heavy atom. The maximum Gasteiger partial charge on any atom is 0.310 e. The summed E-state index contributed by atoms with van der Waals surface area (Å²) in [5, 5.41) is 19.4. The Labute approximate surface area is 97.6 Å². The molecule has 1 N–H and O–H groups in total. The average molecular weight is 236 g/mol. The Balaban J connectivity index is 2.12. The second kappa shape index (κ2) is 4.04. The first-order chi connectivity index (χ1) is 7.99. The van der Waals surface area contributed by atoms with Gasteiger partial charge in [-0.15, -0.1) is 0 Å². The summed E-state index contributed by atoms with van der Waals surface area (Å²) in [6.45, 7) is 2.61. The van der Waals surface area contributed by atoms with Crippen molar-refractivity contribution in [3.8, 4) is 0 Å². The van der Waals surface area contributed by atoms with Gasteiger partial charge < -0.3 is 10.0 Å². The van der Waals surface area contributed by atoms with Crippen LogP contribution in [0.15, 0.2) is 18.2 Å². The molecular formula is C11H12N2O4. The molecule has 1 heterocycles. The van der Waals surface area contributed by atoms with E-state index in [1.165, 1.54) is 6.07 Å². The Kier molecular flexibility index (Phi) is 2.71. The minimum atomic E-state index is -0.792. The molecule has 0 atom stereocenters. The van der Waals surface area contributed by atoms with Gasteiger partial charge in [-0.2, -0.15) is 0 Å². The number of hydrogen-bond acceptors (Lipinski definition) is 4. The third-order valence-corrected chi connectivity index (χ3v) is 2.97. The van der Waals surface area contributed by atoms with Crippen LogP contribution < -0.4 is 4.90 Å². The molecule has 1 saturated heterocycles. The predicted octanol–water partition coefficient (Wildman–Crippen LogP) is 1.42. The molecule has 1 aliphatic rings. The Morgan fingerprint density at radius 2 is 2.18 bits per heavy atom. The van der Waals surface area contributed by atoms with Crippen LogP contribution in [0.1, 0.15) is 5.56 Å². The molecule has 0 unspecified atom stereocenters. The van der Waals surface area contributed by atoms with Crippen molar-refractivity contribution in [3.63, 3.8) is 0 Å². The first kappa shape index (κ1) is 11.4. The third-order valence-electron chi connectivity index (χ3n) is 2.97. The summed E-state index contributed by atoms with van der Waals surface area (Å²) in [4.78, 5) is 22.8. The number of nitro benzene ring substituents is 1. The van der Waals surface area contributed by atoms with Crippen LogP contribution in [0.4, 0.5) is 11.4 Å². The van der Waals surface area contributed by atoms with E-state index in [4.69, 9.17) is 5.11 Å². The molecule has 0 saturated carbocycles. The van der Waals surface area contributed by atoms with E-state index in [2.05, 4.69) is 0 Å². The molecule has 0 spiro atoms. The van der Waals surface area contributed by atoms with Crippen LogP contribution in [0.2, 0.25) is 0 Å². The first-order valence-corrected chi connectivity index (χ1v) is 5.22. The largest absolute Gasteiger partial charge is 0.481 e. The summed E-state index contributed by atoms with van der Waals surface area (Å²) in [6.07, 6.45) is 0. The van der Waals surface area contributed by atoms with E-state index in [0.29, 0.717) is 18.7 Å². The summed E-state index contributed by atoms with van der Waals surface area (Å²) < 4.78 is 0. The van der Waals surface area contributed by atoms with Crippen LogP contribution in [0.3, 0.4) is 0 Å². The smallest absolute Gasteiger partial charge is 0.310 e. The summed E-state index contributed by atoms with van der Waals surface area (Å²) in [5.74, 6) is -1.12. The zero-order valence-corrected chi connectivity index (χ0v) is 9.29. The van der Waals surface area contributed by atoms with Crippen molar-refractivity contribution in [3.05, 3.63) is 33.9 Å². The van der Waals surface area contributed by atoms with Crippen molar-refractivity contribution >= 4 is 17.3 Å². The number of aliphatic carboxylic acids is 1. The number of aryl methyl sites for hydroxylation is 1. The van der Waals surface area contributed by atoms with Crippen molar-refractivity contribution in [1.29, 1.82) is 0 Å². The number of rotatable bonds is 3. The molecule has 90 valence electrons. The van der Waals surface area contributed by atoms with Crippen molar-refractivity contribution in [2.24, 2.45) is 5.92 Å². The van der Waals surface area contributed by atoms with Gasteiger partial charge in [-0.1, -0.05) is 0 Å². The number of benzene rings is 1. The maximum absolute atomic E-state index is 10.7. The standard InChI is InChI=1S/C11H12N2O4/c1-7-4-9(2-3-10(7)13(16)17)12-5-8(6-12)11(14)15/h2-4,8H,5-6H2,1H3,(H,14,15). The van der Waals surface area contributed by atoms with Crippen molar-refractivity contribution in [2.45, 2.75) is 6.92 Å². The average Bonchev–Trinajstić information content (AvgIpc) is 2.13. The molecule has 0 aromatic heterocycles. The Bertz CT molecular complexity index is 480. The van der Waals surface area contributed by atoms with Gasteiger partial charge in [0.05, 0.1) is 10.8 Å². The quantitative estimate of drug-likeness (QED) is 0.633. The molecule has 0 amide bonds. The van der Waals surface area contributed by atoms with Crippen molar-refractivity contribution in [1.82, 2.24) is 0 Å². The topological polar surface area (TPSA) is 83.7 Å². The number of nitro groups is 1. The molecule has 2 rings (SSSR count). The van der Waals surface area contributed by atoms with Crippen LogP contribution in [0.5, 0.6) is 0 Å². The highest BCUT2D eigenvalue weighted by atomic mass is 16.6. The van der Waals surface area contributed by atoms with E-state index in [-0.39, 0.29) is 11.6 Å². The lowest BCUT2D eigenvalue weighted by Gasteiger charge is -2.38. The van der Waals surface area contributed by atoms with E-state index in [0.717, 1.165) is 5.69 Å². The number of anilines is 1. The summed E-state index contributed by atoms with van der Waals surface area (Å²) >= 11 is 0. The minimum Gasteiger partial charge on any atom is -0.481 e. The van der Waals surface area contributed by atoms with Gasteiger partial charge in [-0.05, 0) is 19.1 Å². The number of nitrogens with zero attached hydrogens (tertiary/aromatic N) is 2. The van der Waals surface area contributed by atoms with Gasteiger partial charge in [0.15, 0.2) is 0 Å². The lowest BCUT2D eigenvalue weighted by molar-refractivity contribution is -0.385. The molecule has 1 aromatic carbocycles. The Hall–Kier alpha value is -2.11. The molecule has 1 aromatic rings. The van der Waals surface area contributed by atoms with Gasteiger partial charge in [-0.3, -0.25) is 14.9 Å². The predicted molar refractivity (Wildman–Crippen MR) is 61.2 cm³/mol. The van der Waals surface area contributed by atoms with Crippen molar-refractivity contribution < 1.29 is 14.8 Å². The molecule has 0 aliphatic carbocycles. The van der Waals surface area contributed by atoms with Crippen LogP contribution in [0, 0.1) is 23.0 Å². The monoisotopic (exact) mass is 236 g/mol. The van der Waals surface area contributed by atoms with Gasteiger partial charge >= 0.3 is 5.97 Å². The van der Waals surface area contributed by atoms with Crippen molar-refractivity contribution in [2.75, 3.05) is 18.0 Å². The lowest BCUT2D eigenvalue weighted by Crippen LogP contribution is -2.50. The summed E-state index contributed by atoms with van der Waals surface area (Å²) in [5.41, 5.74) is 1.51. The molecule has 6 nitrogen and oxygen atoms in total. The molecule has 1 aliphatic heterocycles. The van der Waals surface area contributed by atoms with Gasteiger partial charge in [-0.25, -0.2) is 0 Å². The highest BCUT2D eigenvalue weighted by molar-refractivity contribution is 5.74. The van der Waals surface area contributed by atoms with Crippen LogP contribution >= 0.6 is 0 Å². The maximum atomic E-state index is 10.7. The number of carboxylic acids is 1. The second-order valence-electron chi connectivity index (χ2n) is 4.17. The van der Waals surface area contributed by atoms with Crippen LogP contribution in [0.25, 0.3) is 0 Å². The lowest BCUT2D eigenvalue weighted by atomic mass is 9.99. The summed E-state index contributed by atoms with van der Waals surface area (Å²) in [7, 11) is 0. The van der Waals surface area contributed by atoms with E-state index >= 15 is 0 Å². The van der Waals surface area contributed by atoms with Gasteiger partial charge in [0.25, 0.3) is 5.69 Å². The highest BCUT2D eigenvalue weighted by Gasteiger charge is 2.32.